The molecule has 0 amide bonds. The highest BCUT2D eigenvalue weighted by Crippen LogP contribution is 2.29. The van der Waals surface area contributed by atoms with Gasteiger partial charge in [0.25, 0.3) is 0 Å². The average molecular weight is 411 g/mol. The molecule has 0 aliphatic carbocycles. The van der Waals surface area contributed by atoms with Crippen LogP contribution in [0.2, 0.25) is 0 Å². The third-order valence-electron chi connectivity index (χ3n) is 4.41. The predicted molar refractivity (Wildman–Crippen MR) is 109 cm³/mol. The number of nitrogens with one attached hydrogen (secondary N) is 1. The molecule has 1 aromatic carbocycles. The van der Waals surface area contributed by atoms with Crippen LogP contribution in [0.15, 0.2) is 65.8 Å². The number of aromatic amines is 1. The van der Waals surface area contributed by atoms with E-state index < -0.39 is 0 Å². The molecule has 3 N–H and O–H groups in total. The van der Waals surface area contributed by atoms with Crippen molar-refractivity contribution in [3.63, 3.8) is 0 Å². The van der Waals surface area contributed by atoms with Crippen LogP contribution in [0, 0.1) is 0 Å². The maximum Gasteiger partial charge on any atom is 0.346 e. The first kappa shape index (κ1) is 19.0. The number of nitrogens with two attached hydrogens (primary N) is 1. The van der Waals surface area contributed by atoms with Gasteiger partial charge in [-0.25, -0.2) is 18.9 Å². The molecule has 0 bridgehead atoms. The molecule has 8 nitrogen and oxygen atoms in total. The van der Waals surface area contributed by atoms with Gasteiger partial charge in [-0.3, -0.25) is 9.67 Å². The second-order valence-corrected chi connectivity index (χ2v) is 7.52. The standard InChI is InChI=1S/C19H18FN7OS/c20-7-13(8-21)9-27-19(28)26(12-24-27)10-16-5-6-17(29-16)14-1-3-15(4-2-14)18-22-11-23-25-18/h1-7,11-12H,8-10,21H2,(H,22,23,25)/b13-7-. The molecule has 10 heteroatoms. The average Bonchev–Trinajstić information content (AvgIpc) is 3.50. The van der Waals surface area contributed by atoms with E-state index in [4.69, 9.17) is 5.73 Å². The van der Waals surface area contributed by atoms with E-state index in [1.54, 1.807) is 11.3 Å². The molecule has 0 radical (unpaired) electrons. The van der Waals surface area contributed by atoms with E-state index in [0.29, 0.717) is 18.4 Å². The highest BCUT2D eigenvalue weighted by atomic mass is 32.1. The van der Waals surface area contributed by atoms with Gasteiger partial charge in [-0.05, 0) is 23.3 Å². The van der Waals surface area contributed by atoms with Crippen molar-refractivity contribution in [2.75, 3.05) is 6.54 Å². The molecule has 0 spiro atoms. The van der Waals surface area contributed by atoms with Crippen molar-refractivity contribution in [3.8, 4) is 21.8 Å². The van der Waals surface area contributed by atoms with Crippen LogP contribution in [0.1, 0.15) is 4.88 Å². The number of thiophene rings is 1. The van der Waals surface area contributed by atoms with Gasteiger partial charge in [0.05, 0.1) is 19.4 Å². The van der Waals surface area contributed by atoms with E-state index in [1.165, 1.54) is 21.9 Å². The summed E-state index contributed by atoms with van der Waals surface area (Å²) in [6, 6.07) is 12.0. The van der Waals surface area contributed by atoms with E-state index in [2.05, 4.69) is 20.3 Å². The molecule has 0 fully saturated rings. The zero-order chi connectivity index (χ0) is 20.2. The van der Waals surface area contributed by atoms with Crippen molar-refractivity contribution in [3.05, 3.63) is 76.3 Å². The maximum absolute atomic E-state index is 12.7. The van der Waals surface area contributed by atoms with Gasteiger partial charge in [-0.2, -0.15) is 10.2 Å². The lowest BCUT2D eigenvalue weighted by Gasteiger charge is -2.01. The van der Waals surface area contributed by atoms with Crippen LogP contribution in [-0.2, 0) is 13.1 Å². The summed E-state index contributed by atoms with van der Waals surface area (Å²) >= 11 is 1.60. The summed E-state index contributed by atoms with van der Waals surface area (Å²) < 4.78 is 15.4. The molecule has 0 atom stereocenters. The molecule has 0 aliphatic rings. The van der Waals surface area contributed by atoms with Gasteiger partial charge in [0, 0.05) is 21.9 Å². The number of halogens is 1. The Bertz CT molecular complexity index is 1170. The number of H-pyrrole nitrogens is 1. The van der Waals surface area contributed by atoms with E-state index in [9.17, 15) is 9.18 Å². The van der Waals surface area contributed by atoms with Crippen LogP contribution >= 0.6 is 11.3 Å². The molecular weight excluding hydrogens is 393 g/mol. The van der Waals surface area contributed by atoms with Gasteiger partial charge in [-0.15, -0.1) is 11.3 Å². The van der Waals surface area contributed by atoms with Gasteiger partial charge in [0.1, 0.15) is 12.7 Å². The van der Waals surface area contributed by atoms with Gasteiger partial charge >= 0.3 is 5.69 Å². The molecule has 0 saturated carbocycles. The minimum atomic E-state index is -0.302. The predicted octanol–water partition coefficient (Wildman–Crippen LogP) is 2.42. The van der Waals surface area contributed by atoms with Crippen LogP contribution in [0.25, 0.3) is 21.8 Å². The fourth-order valence-electron chi connectivity index (χ4n) is 2.85. The third kappa shape index (κ3) is 4.08. The Balaban J connectivity index is 1.49. The fraction of sp³-hybridized carbons (Fsp3) is 0.158. The Hall–Kier alpha value is -3.37. The van der Waals surface area contributed by atoms with Crippen LogP contribution in [0.3, 0.4) is 0 Å². The van der Waals surface area contributed by atoms with Gasteiger partial charge in [-0.1, -0.05) is 24.3 Å². The highest BCUT2D eigenvalue weighted by molar-refractivity contribution is 7.15. The van der Waals surface area contributed by atoms with Crippen LogP contribution in [0.5, 0.6) is 0 Å². The first-order chi connectivity index (χ1) is 14.2. The normalized spacial score (nSPS) is 11.9. The van der Waals surface area contributed by atoms with Crippen molar-refractivity contribution < 1.29 is 4.39 Å². The second kappa shape index (κ2) is 8.33. The molecule has 148 valence electrons. The number of hydrogen-bond acceptors (Lipinski definition) is 6. The largest absolute Gasteiger partial charge is 0.346 e. The third-order valence-corrected chi connectivity index (χ3v) is 5.53. The van der Waals surface area contributed by atoms with Gasteiger partial charge < -0.3 is 5.73 Å². The molecule has 4 rings (SSSR count). The summed E-state index contributed by atoms with van der Waals surface area (Å²) in [5, 5.41) is 10.7. The van der Waals surface area contributed by atoms with Crippen molar-refractivity contribution in [2.24, 2.45) is 5.73 Å². The lowest BCUT2D eigenvalue weighted by Crippen LogP contribution is -2.26. The quantitative estimate of drug-likeness (QED) is 0.486. The molecule has 0 aliphatic heterocycles. The summed E-state index contributed by atoms with van der Waals surface area (Å²) in [6.45, 7) is 0.488. The summed E-state index contributed by atoms with van der Waals surface area (Å²) in [5.74, 6) is 0.722. The minimum absolute atomic E-state index is 0.0410. The summed E-state index contributed by atoms with van der Waals surface area (Å²) in [5.41, 5.74) is 7.49. The zero-order valence-electron chi connectivity index (χ0n) is 15.3. The lowest BCUT2D eigenvalue weighted by atomic mass is 10.1. The van der Waals surface area contributed by atoms with E-state index in [1.807, 2.05) is 36.4 Å². The van der Waals surface area contributed by atoms with Crippen molar-refractivity contribution >= 4 is 11.3 Å². The van der Waals surface area contributed by atoms with Crippen LogP contribution in [-0.4, -0.2) is 36.1 Å². The highest BCUT2D eigenvalue weighted by Gasteiger charge is 2.10. The topological polar surface area (TPSA) is 107 Å². The van der Waals surface area contributed by atoms with Crippen molar-refractivity contribution in [1.29, 1.82) is 0 Å². The molecule has 29 heavy (non-hydrogen) atoms. The Morgan fingerprint density at radius 2 is 2.00 bits per heavy atom. The number of hydrogen-bond donors (Lipinski definition) is 2. The van der Waals surface area contributed by atoms with E-state index in [-0.39, 0.29) is 18.8 Å². The summed E-state index contributed by atoms with van der Waals surface area (Å²) in [4.78, 5) is 18.7. The van der Waals surface area contributed by atoms with Crippen LogP contribution < -0.4 is 11.4 Å². The molecule has 3 heterocycles. The van der Waals surface area contributed by atoms with E-state index >= 15 is 0 Å². The maximum atomic E-state index is 12.7. The monoisotopic (exact) mass is 411 g/mol. The minimum Gasteiger partial charge on any atom is -0.327 e. The number of rotatable bonds is 7. The Morgan fingerprint density at radius 3 is 2.69 bits per heavy atom. The van der Waals surface area contributed by atoms with Gasteiger partial charge in [0.15, 0.2) is 5.82 Å². The molecular formula is C19H18FN7OS. The summed E-state index contributed by atoms with van der Waals surface area (Å²) in [6.07, 6.45) is 3.36. The molecule has 3 aromatic heterocycles. The van der Waals surface area contributed by atoms with Crippen LogP contribution in [0.4, 0.5) is 4.39 Å². The number of nitrogens with zero attached hydrogens (tertiary/aromatic N) is 5. The van der Waals surface area contributed by atoms with Gasteiger partial charge in [0.2, 0.25) is 0 Å². The van der Waals surface area contributed by atoms with Crippen molar-refractivity contribution in [1.82, 2.24) is 29.5 Å². The first-order valence-electron chi connectivity index (χ1n) is 8.83. The SMILES string of the molecule is NC/C(=C/F)Cn1ncn(Cc2ccc(-c3ccc(-c4ncn[nH]4)cc3)s2)c1=O. The first-order valence-corrected chi connectivity index (χ1v) is 9.65. The Labute approximate surface area is 169 Å². The molecule has 0 unspecified atom stereocenters. The second-order valence-electron chi connectivity index (χ2n) is 6.35. The molecule has 4 aromatic rings. The number of benzene rings is 1. The Morgan fingerprint density at radius 1 is 1.21 bits per heavy atom. The molecule has 0 saturated heterocycles. The smallest absolute Gasteiger partial charge is 0.327 e. The fourth-order valence-corrected chi connectivity index (χ4v) is 3.86. The van der Waals surface area contributed by atoms with E-state index in [0.717, 1.165) is 26.7 Å². The Kier molecular flexibility index (Phi) is 5.45. The number of aromatic nitrogens is 6. The lowest BCUT2D eigenvalue weighted by molar-refractivity contribution is 0.604. The van der Waals surface area contributed by atoms with Crippen molar-refractivity contribution in [2.45, 2.75) is 13.1 Å². The zero-order valence-corrected chi connectivity index (χ0v) is 16.1. The summed E-state index contributed by atoms with van der Waals surface area (Å²) in [7, 11) is 0.